The van der Waals surface area contributed by atoms with Crippen LogP contribution >= 0.6 is 27.3 Å². The van der Waals surface area contributed by atoms with Crippen molar-refractivity contribution >= 4 is 50.0 Å². The lowest BCUT2D eigenvalue weighted by atomic mass is 9.95. The lowest BCUT2D eigenvalue weighted by molar-refractivity contribution is -0.390. The second kappa shape index (κ2) is 10.1. The molecule has 0 bridgehead atoms. The highest BCUT2D eigenvalue weighted by atomic mass is 79.9. The molecule has 1 aliphatic carbocycles. The van der Waals surface area contributed by atoms with E-state index in [2.05, 4.69) is 26.3 Å². The third-order valence-corrected chi connectivity index (χ3v) is 7.33. The zero-order valence-corrected chi connectivity index (χ0v) is 21.0. The molecule has 4 rings (SSSR count). The summed E-state index contributed by atoms with van der Waals surface area (Å²) in [7, 11) is 0. The van der Waals surface area contributed by atoms with Crippen molar-refractivity contribution in [1.29, 1.82) is 0 Å². The molecule has 3 aromatic heterocycles. The predicted molar refractivity (Wildman–Crippen MR) is 128 cm³/mol. The largest absolute Gasteiger partial charge is 0.459 e. The van der Waals surface area contributed by atoms with Crippen LogP contribution in [0.3, 0.4) is 0 Å². The minimum absolute atomic E-state index is 0.0586. The Morgan fingerprint density at radius 2 is 2.15 bits per heavy atom. The average Bonchev–Trinajstić information content (AvgIpc) is 3.50. The Kier molecular flexibility index (Phi) is 7.17. The molecule has 1 atom stereocenters. The molecule has 0 fully saturated rings. The molecule has 34 heavy (non-hydrogen) atoms. The van der Waals surface area contributed by atoms with Gasteiger partial charge in [-0.2, -0.15) is 4.68 Å². The fraction of sp³-hybridized carbons (Fsp3) is 0.409. The summed E-state index contributed by atoms with van der Waals surface area (Å²) in [5.74, 6) is -0.756. The number of halogens is 1. The van der Waals surface area contributed by atoms with Crippen LogP contribution in [-0.4, -0.2) is 32.7 Å². The standard InChI is InChI=1S/C22H23BrN4O6S/c1-3-12(2)32-22(29)18-14-6-4-5-7-17(14)34-21(18)24-20(28)16-9-8-13(33-16)10-26-11-15(23)19(25-26)27(30)31/h8-9,11-12H,3-7,10H2,1-2H3,(H,24,28). The van der Waals surface area contributed by atoms with Crippen LogP contribution in [0.5, 0.6) is 0 Å². The number of amides is 1. The van der Waals surface area contributed by atoms with E-state index in [1.807, 2.05) is 13.8 Å². The van der Waals surface area contributed by atoms with Gasteiger partial charge >= 0.3 is 11.8 Å². The summed E-state index contributed by atoms with van der Waals surface area (Å²) in [6.45, 7) is 3.89. The molecule has 1 amide bonds. The van der Waals surface area contributed by atoms with Crippen LogP contribution in [0.1, 0.15) is 70.2 Å². The second-order valence-electron chi connectivity index (χ2n) is 8.01. The maximum Gasteiger partial charge on any atom is 0.404 e. The zero-order valence-electron chi connectivity index (χ0n) is 18.6. The number of aromatic nitrogens is 2. The van der Waals surface area contributed by atoms with Gasteiger partial charge in [0.15, 0.2) is 5.76 Å². The van der Waals surface area contributed by atoms with Gasteiger partial charge in [0.1, 0.15) is 21.8 Å². The number of anilines is 1. The van der Waals surface area contributed by atoms with Gasteiger partial charge in [0.05, 0.1) is 23.0 Å². The summed E-state index contributed by atoms with van der Waals surface area (Å²) in [5, 5.41) is 18.2. The van der Waals surface area contributed by atoms with Crippen LogP contribution in [0.4, 0.5) is 10.8 Å². The molecule has 0 saturated carbocycles. The van der Waals surface area contributed by atoms with Crippen LogP contribution in [0.15, 0.2) is 27.2 Å². The van der Waals surface area contributed by atoms with Gasteiger partial charge in [-0.15, -0.1) is 11.3 Å². The van der Waals surface area contributed by atoms with Crippen molar-refractivity contribution < 1.29 is 23.7 Å². The molecule has 0 aromatic carbocycles. The topological polar surface area (TPSA) is 130 Å². The molecule has 10 nitrogen and oxygen atoms in total. The fourth-order valence-corrected chi connectivity index (χ4v) is 5.43. The Hall–Kier alpha value is -2.99. The second-order valence-corrected chi connectivity index (χ2v) is 9.97. The maximum atomic E-state index is 12.9. The van der Waals surface area contributed by atoms with Gasteiger partial charge in [-0.25, -0.2) is 4.79 Å². The summed E-state index contributed by atoms with van der Waals surface area (Å²) >= 11 is 4.51. The zero-order chi connectivity index (χ0) is 24.4. The van der Waals surface area contributed by atoms with Crippen molar-refractivity contribution in [3.8, 4) is 0 Å². The van der Waals surface area contributed by atoms with Crippen molar-refractivity contribution in [1.82, 2.24) is 9.78 Å². The number of nitro groups is 1. The van der Waals surface area contributed by atoms with E-state index >= 15 is 0 Å². The quantitative estimate of drug-likeness (QED) is 0.227. The summed E-state index contributed by atoms with van der Waals surface area (Å²) < 4.78 is 12.8. The van der Waals surface area contributed by atoms with Crippen molar-refractivity contribution in [2.75, 3.05) is 5.32 Å². The third-order valence-electron chi connectivity index (χ3n) is 5.56. The molecular weight excluding hydrogens is 528 g/mol. The number of fused-ring (bicyclic) bond motifs is 1. The van der Waals surface area contributed by atoms with E-state index in [0.717, 1.165) is 36.1 Å². The fourth-order valence-electron chi connectivity index (χ4n) is 3.70. The molecule has 1 aliphatic rings. The number of nitrogens with zero attached hydrogens (tertiary/aromatic N) is 3. The normalized spacial score (nSPS) is 13.9. The highest BCUT2D eigenvalue weighted by Crippen LogP contribution is 2.39. The van der Waals surface area contributed by atoms with Crippen molar-refractivity contribution in [2.45, 2.75) is 58.6 Å². The van der Waals surface area contributed by atoms with Gasteiger partial charge < -0.3 is 24.6 Å². The van der Waals surface area contributed by atoms with Crippen molar-refractivity contribution in [3.63, 3.8) is 0 Å². The number of ether oxygens (including phenoxy) is 1. The van der Waals surface area contributed by atoms with Gasteiger partial charge in [0.2, 0.25) is 0 Å². The highest BCUT2D eigenvalue weighted by Gasteiger charge is 2.29. The van der Waals surface area contributed by atoms with E-state index in [9.17, 15) is 19.7 Å². The minimum atomic E-state index is -0.591. The lowest BCUT2D eigenvalue weighted by Gasteiger charge is -2.15. The number of esters is 1. The number of carbonyl (C=O) groups excluding carboxylic acids is 2. The molecule has 0 aliphatic heterocycles. The first-order valence-electron chi connectivity index (χ1n) is 10.9. The number of hydrogen-bond donors (Lipinski definition) is 1. The van der Waals surface area contributed by atoms with Crippen molar-refractivity contribution in [3.05, 3.63) is 60.4 Å². The average molecular weight is 551 g/mol. The third kappa shape index (κ3) is 5.07. The van der Waals surface area contributed by atoms with E-state index < -0.39 is 16.8 Å². The molecule has 3 aromatic rings. The van der Waals surface area contributed by atoms with Gasteiger partial charge in [-0.1, -0.05) is 6.92 Å². The lowest BCUT2D eigenvalue weighted by Crippen LogP contribution is -2.18. The number of rotatable bonds is 8. The number of furan rings is 1. The van der Waals surface area contributed by atoms with Crippen LogP contribution < -0.4 is 5.32 Å². The molecule has 0 spiro atoms. The van der Waals surface area contributed by atoms with E-state index in [0.29, 0.717) is 22.7 Å². The molecule has 180 valence electrons. The highest BCUT2D eigenvalue weighted by molar-refractivity contribution is 9.10. The first-order chi connectivity index (χ1) is 16.3. The molecule has 1 N–H and O–H groups in total. The Balaban J connectivity index is 1.52. The van der Waals surface area contributed by atoms with Crippen LogP contribution in [0, 0.1) is 10.1 Å². The number of hydrogen-bond acceptors (Lipinski definition) is 8. The molecule has 0 radical (unpaired) electrons. The first kappa shape index (κ1) is 24.1. The summed E-state index contributed by atoms with van der Waals surface area (Å²) in [5.41, 5.74) is 1.40. The molecule has 12 heteroatoms. The van der Waals surface area contributed by atoms with E-state index in [-0.39, 0.29) is 28.7 Å². The Morgan fingerprint density at radius 3 is 2.85 bits per heavy atom. The first-order valence-corrected chi connectivity index (χ1v) is 12.5. The van der Waals surface area contributed by atoms with Gasteiger partial charge in [-0.05, 0) is 77.6 Å². The molecule has 1 unspecified atom stereocenters. The SMILES string of the molecule is CCC(C)OC(=O)c1c(NC(=O)c2ccc(Cn3cc(Br)c([N+](=O)[O-])n3)o2)sc2c1CCCC2. The number of carbonyl (C=O) groups is 2. The number of nitrogens with one attached hydrogen (secondary N) is 1. The van der Waals surface area contributed by atoms with Crippen LogP contribution in [-0.2, 0) is 24.1 Å². The molecule has 0 saturated heterocycles. The van der Waals surface area contributed by atoms with E-state index in [1.165, 1.54) is 28.3 Å². The number of thiophene rings is 1. The van der Waals surface area contributed by atoms with Crippen molar-refractivity contribution in [2.24, 2.45) is 0 Å². The smallest absolute Gasteiger partial charge is 0.404 e. The van der Waals surface area contributed by atoms with Gasteiger partial charge in [0.25, 0.3) is 5.91 Å². The minimum Gasteiger partial charge on any atom is -0.459 e. The summed E-state index contributed by atoms with van der Waals surface area (Å²) in [6, 6.07) is 3.12. The summed E-state index contributed by atoms with van der Waals surface area (Å²) in [4.78, 5) is 37.3. The van der Waals surface area contributed by atoms with E-state index in [1.54, 1.807) is 6.07 Å². The maximum absolute atomic E-state index is 12.9. The Morgan fingerprint density at radius 1 is 1.38 bits per heavy atom. The number of aryl methyl sites for hydroxylation is 1. The van der Waals surface area contributed by atoms with Crippen LogP contribution in [0.25, 0.3) is 0 Å². The molecule has 3 heterocycles. The monoisotopic (exact) mass is 550 g/mol. The van der Waals surface area contributed by atoms with E-state index in [4.69, 9.17) is 9.15 Å². The van der Waals surface area contributed by atoms with Gasteiger partial charge in [-0.3, -0.25) is 4.79 Å². The van der Waals surface area contributed by atoms with Gasteiger partial charge in [0, 0.05) is 4.88 Å². The Bertz CT molecular complexity index is 1250. The van der Waals surface area contributed by atoms with Crippen LogP contribution in [0.2, 0.25) is 0 Å². The predicted octanol–water partition coefficient (Wildman–Crippen LogP) is 5.34. The molecular formula is C22H23BrN4O6S. The Labute approximate surface area is 207 Å². The summed E-state index contributed by atoms with van der Waals surface area (Å²) in [6.07, 6.45) is 5.63.